The molecule has 19 heavy (non-hydrogen) atoms. The Balaban J connectivity index is 2.40. The molecule has 1 N–H and O–H groups in total. The number of hydrogen-bond donors (Lipinski definition) is 1. The fourth-order valence-corrected chi connectivity index (χ4v) is 2.78. The molecule has 2 aromatic rings. The molecule has 0 saturated carbocycles. The predicted molar refractivity (Wildman–Crippen MR) is 85.0 cm³/mol. The second-order valence-corrected chi connectivity index (χ2v) is 5.73. The largest absolute Gasteiger partial charge is 0.309 e. The Morgan fingerprint density at radius 1 is 1.00 bits per heavy atom. The van der Waals surface area contributed by atoms with Crippen molar-refractivity contribution < 1.29 is 0 Å². The lowest BCUT2D eigenvalue weighted by molar-refractivity contribution is 0.686. The molecule has 0 amide bonds. The minimum Gasteiger partial charge on any atom is -0.309 e. The minimum absolute atomic E-state index is 0.260. The first-order chi connectivity index (χ1) is 9.15. The third kappa shape index (κ3) is 3.20. The molecule has 2 heteroatoms. The number of nitrogens with one attached hydrogen (secondary N) is 1. The summed E-state index contributed by atoms with van der Waals surface area (Å²) in [5, 5.41) is 3.43. The van der Waals surface area contributed by atoms with E-state index in [1.807, 2.05) is 7.05 Å². The second kappa shape index (κ2) is 6.27. The third-order valence-corrected chi connectivity index (χ3v) is 4.23. The van der Waals surface area contributed by atoms with Crippen molar-refractivity contribution in [3.63, 3.8) is 0 Å². The van der Waals surface area contributed by atoms with Gasteiger partial charge in [0.15, 0.2) is 0 Å². The van der Waals surface area contributed by atoms with E-state index in [-0.39, 0.29) is 6.04 Å². The van der Waals surface area contributed by atoms with E-state index in [9.17, 15) is 0 Å². The first-order valence-corrected chi connectivity index (χ1v) is 7.76. The van der Waals surface area contributed by atoms with Gasteiger partial charge in [-0.15, -0.1) is 11.8 Å². The molecule has 0 aromatic heterocycles. The molecule has 2 aromatic carbocycles. The zero-order valence-electron chi connectivity index (χ0n) is 12.0. The molecule has 1 unspecified atom stereocenters. The SMILES string of the molecule is CNC(c1ccc(SC)cc1)c1cc(C)ccc1C. The summed E-state index contributed by atoms with van der Waals surface area (Å²) in [6.45, 7) is 4.32. The molecule has 0 fully saturated rings. The molecule has 0 radical (unpaired) electrons. The lowest BCUT2D eigenvalue weighted by Crippen LogP contribution is -2.18. The van der Waals surface area contributed by atoms with Crippen molar-refractivity contribution in [3.05, 3.63) is 64.7 Å². The fourth-order valence-electron chi connectivity index (χ4n) is 2.37. The molecule has 1 atom stereocenters. The van der Waals surface area contributed by atoms with Crippen LogP contribution in [0.5, 0.6) is 0 Å². The third-order valence-electron chi connectivity index (χ3n) is 3.48. The van der Waals surface area contributed by atoms with Crippen LogP contribution in [-0.4, -0.2) is 13.3 Å². The van der Waals surface area contributed by atoms with E-state index in [4.69, 9.17) is 0 Å². The second-order valence-electron chi connectivity index (χ2n) is 4.85. The van der Waals surface area contributed by atoms with Crippen LogP contribution in [0.3, 0.4) is 0 Å². The van der Waals surface area contributed by atoms with Gasteiger partial charge in [0.1, 0.15) is 0 Å². The van der Waals surface area contributed by atoms with Gasteiger partial charge in [-0.25, -0.2) is 0 Å². The van der Waals surface area contributed by atoms with E-state index in [1.54, 1.807) is 11.8 Å². The highest BCUT2D eigenvalue weighted by Crippen LogP contribution is 2.27. The van der Waals surface area contributed by atoms with Crippen LogP contribution in [-0.2, 0) is 0 Å². The standard InChI is InChI=1S/C17H21NS/c1-12-5-6-13(2)16(11-12)17(18-3)14-7-9-15(19-4)10-8-14/h5-11,17-18H,1-4H3. The molecule has 1 nitrogen and oxygen atoms in total. The van der Waals surface area contributed by atoms with Crippen molar-refractivity contribution in [2.75, 3.05) is 13.3 Å². The Labute approximate surface area is 120 Å². The molecule has 2 rings (SSSR count). The number of aryl methyl sites for hydroxylation is 2. The summed E-state index contributed by atoms with van der Waals surface area (Å²) in [6, 6.07) is 15.7. The maximum Gasteiger partial charge on any atom is 0.0577 e. The van der Waals surface area contributed by atoms with Crippen molar-refractivity contribution in [3.8, 4) is 0 Å². The van der Waals surface area contributed by atoms with Crippen LogP contribution in [0.2, 0.25) is 0 Å². The van der Waals surface area contributed by atoms with Gasteiger partial charge in [-0.3, -0.25) is 0 Å². The monoisotopic (exact) mass is 271 g/mol. The number of thioether (sulfide) groups is 1. The van der Waals surface area contributed by atoms with Gasteiger partial charge in [-0.2, -0.15) is 0 Å². The van der Waals surface area contributed by atoms with Gasteiger partial charge < -0.3 is 5.32 Å². The molecule has 0 aliphatic rings. The van der Waals surface area contributed by atoms with Crippen molar-refractivity contribution in [2.24, 2.45) is 0 Å². The summed E-state index contributed by atoms with van der Waals surface area (Å²) in [5.74, 6) is 0. The van der Waals surface area contributed by atoms with Crippen LogP contribution in [0.1, 0.15) is 28.3 Å². The molecular weight excluding hydrogens is 250 g/mol. The van der Waals surface area contributed by atoms with Crippen molar-refractivity contribution in [1.29, 1.82) is 0 Å². The van der Waals surface area contributed by atoms with E-state index in [0.29, 0.717) is 0 Å². The maximum absolute atomic E-state index is 3.43. The number of hydrogen-bond acceptors (Lipinski definition) is 2. The van der Waals surface area contributed by atoms with Crippen LogP contribution in [0.25, 0.3) is 0 Å². The van der Waals surface area contributed by atoms with Gasteiger partial charge in [0.05, 0.1) is 6.04 Å². The summed E-state index contributed by atoms with van der Waals surface area (Å²) >= 11 is 1.78. The smallest absolute Gasteiger partial charge is 0.0577 e. The van der Waals surface area contributed by atoms with Crippen LogP contribution in [0.4, 0.5) is 0 Å². The predicted octanol–water partition coefficient (Wildman–Crippen LogP) is 4.33. The van der Waals surface area contributed by atoms with Crippen molar-refractivity contribution >= 4 is 11.8 Å². The average molecular weight is 271 g/mol. The molecule has 100 valence electrons. The van der Waals surface area contributed by atoms with E-state index < -0.39 is 0 Å². The summed E-state index contributed by atoms with van der Waals surface area (Å²) in [4.78, 5) is 1.31. The molecule has 0 saturated heterocycles. The van der Waals surface area contributed by atoms with Crippen LogP contribution < -0.4 is 5.32 Å². The Morgan fingerprint density at radius 3 is 2.26 bits per heavy atom. The van der Waals surface area contributed by atoms with Crippen LogP contribution in [0.15, 0.2) is 47.4 Å². The van der Waals surface area contributed by atoms with E-state index in [2.05, 4.69) is 67.9 Å². The van der Waals surface area contributed by atoms with Crippen LogP contribution in [0, 0.1) is 13.8 Å². The Kier molecular flexibility index (Phi) is 4.67. The highest BCUT2D eigenvalue weighted by atomic mass is 32.2. The van der Waals surface area contributed by atoms with Gasteiger partial charge in [0, 0.05) is 4.90 Å². The topological polar surface area (TPSA) is 12.0 Å². The number of benzene rings is 2. The van der Waals surface area contributed by atoms with Gasteiger partial charge >= 0.3 is 0 Å². The highest BCUT2D eigenvalue weighted by Gasteiger charge is 2.14. The van der Waals surface area contributed by atoms with E-state index in [1.165, 1.54) is 27.1 Å². The average Bonchev–Trinajstić information content (AvgIpc) is 2.44. The Hall–Kier alpha value is -1.25. The molecule has 0 aliphatic heterocycles. The lowest BCUT2D eigenvalue weighted by Gasteiger charge is -2.20. The Morgan fingerprint density at radius 2 is 1.68 bits per heavy atom. The maximum atomic E-state index is 3.43. The van der Waals surface area contributed by atoms with Gasteiger partial charge in [0.25, 0.3) is 0 Å². The zero-order chi connectivity index (χ0) is 13.8. The first kappa shape index (κ1) is 14.2. The van der Waals surface area contributed by atoms with E-state index in [0.717, 1.165) is 0 Å². The fraction of sp³-hybridized carbons (Fsp3) is 0.294. The van der Waals surface area contributed by atoms with Gasteiger partial charge in [0.2, 0.25) is 0 Å². The number of rotatable bonds is 4. The first-order valence-electron chi connectivity index (χ1n) is 6.54. The van der Waals surface area contributed by atoms with Crippen molar-refractivity contribution in [2.45, 2.75) is 24.8 Å². The highest BCUT2D eigenvalue weighted by molar-refractivity contribution is 7.98. The lowest BCUT2D eigenvalue weighted by atomic mass is 9.94. The summed E-state index contributed by atoms with van der Waals surface area (Å²) in [6.07, 6.45) is 2.11. The van der Waals surface area contributed by atoms with Gasteiger partial charge in [-0.1, -0.05) is 35.9 Å². The molecule has 0 bridgehead atoms. The van der Waals surface area contributed by atoms with Gasteiger partial charge in [-0.05, 0) is 56.0 Å². The molecular formula is C17H21NS. The summed E-state index contributed by atoms with van der Waals surface area (Å²) in [5.41, 5.74) is 5.31. The van der Waals surface area contributed by atoms with Crippen LogP contribution >= 0.6 is 11.8 Å². The summed E-state index contributed by atoms with van der Waals surface area (Å²) in [7, 11) is 2.02. The molecule has 0 aliphatic carbocycles. The summed E-state index contributed by atoms with van der Waals surface area (Å²) < 4.78 is 0. The minimum atomic E-state index is 0.260. The van der Waals surface area contributed by atoms with E-state index >= 15 is 0 Å². The normalized spacial score (nSPS) is 12.4. The molecule has 0 spiro atoms. The van der Waals surface area contributed by atoms with Crippen molar-refractivity contribution in [1.82, 2.24) is 5.32 Å². The zero-order valence-corrected chi connectivity index (χ0v) is 12.8. The molecule has 0 heterocycles. The Bertz CT molecular complexity index is 546. The quantitative estimate of drug-likeness (QED) is 0.830.